The zero-order chi connectivity index (χ0) is 26.5. The standard InChI is InChI=1S/C14H16F8N2O4.H3O4P/c1-4(25)24-8-6(23)2-5(12(26)27)3-7(8)28-9(10(15)13(17,18)19)11(16)14(20,21)22;1-5(2,3)4/h3,6-11H,2,23H2,1H3,(H,24,25)(H,26,27);(H3,1,2,3,4)/t6?,7?,8?,9?,10-,11?;/m1./s1. The van der Waals surface area contributed by atoms with Crippen LogP contribution in [0.3, 0.4) is 0 Å². The summed E-state index contributed by atoms with van der Waals surface area (Å²) in [5.41, 5.74) is 5.05. The first kappa shape index (κ1) is 31.1. The average Bonchev–Trinajstić information content (AvgIpc) is 2.57. The number of alkyl halides is 8. The summed E-state index contributed by atoms with van der Waals surface area (Å²) in [5, 5.41) is 11.0. The molecule has 7 N–H and O–H groups in total. The highest BCUT2D eigenvalue weighted by molar-refractivity contribution is 7.45. The molecule has 19 heteroatoms. The van der Waals surface area contributed by atoms with Crippen molar-refractivity contribution >= 4 is 19.7 Å². The van der Waals surface area contributed by atoms with Crippen LogP contribution in [0.5, 0.6) is 0 Å². The predicted molar refractivity (Wildman–Crippen MR) is 90.7 cm³/mol. The van der Waals surface area contributed by atoms with Crippen molar-refractivity contribution in [3.05, 3.63) is 11.6 Å². The van der Waals surface area contributed by atoms with E-state index in [0.29, 0.717) is 6.08 Å². The number of carboxylic acids is 1. The fraction of sp³-hybridized carbons (Fsp3) is 0.714. The third kappa shape index (κ3) is 11.2. The van der Waals surface area contributed by atoms with Gasteiger partial charge in [0.05, 0.1) is 12.1 Å². The molecule has 0 aromatic carbocycles. The summed E-state index contributed by atoms with van der Waals surface area (Å²) in [6.07, 6.45) is -26.2. The molecule has 10 nitrogen and oxygen atoms in total. The molecule has 0 spiro atoms. The van der Waals surface area contributed by atoms with Crippen molar-refractivity contribution < 1.29 is 73.8 Å². The van der Waals surface area contributed by atoms with Gasteiger partial charge in [0.1, 0.15) is 6.10 Å². The van der Waals surface area contributed by atoms with Gasteiger partial charge in [0, 0.05) is 18.5 Å². The number of halogens is 8. The summed E-state index contributed by atoms with van der Waals surface area (Å²) >= 11 is 0. The molecule has 0 aliphatic heterocycles. The molecule has 0 bridgehead atoms. The number of rotatable bonds is 6. The first-order valence-corrected chi connectivity index (χ1v) is 9.94. The lowest BCUT2D eigenvalue weighted by Gasteiger charge is -2.38. The van der Waals surface area contributed by atoms with Crippen molar-refractivity contribution in [2.75, 3.05) is 0 Å². The molecule has 5 unspecified atom stereocenters. The third-order valence-corrected chi connectivity index (χ3v) is 3.80. The lowest BCUT2D eigenvalue weighted by Crippen LogP contribution is -2.59. The highest BCUT2D eigenvalue weighted by atomic mass is 31.2. The van der Waals surface area contributed by atoms with Crippen molar-refractivity contribution in [1.29, 1.82) is 0 Å². The first-order chi connectivity index (χ1) is 14.6. The maximum absolute atomic E-state index is 13.6. The number of carboxylic acid groups (broad SMARTS) is 1. The Labute approximate surface area is 179 Å². The molecule has 0 saturated carbocycles. The van der Waals surface area contributed by atoms with Gasteiger partial charge in [-0.2, -0.15) is 26.3 Å². The van der Waals surface area contributed by atoms with Gasteiger partial charge in [-0.05, 0) is 12.5 Å². The number of aliphatic carboxylic acids is 1. The van der Waals surface area contributed by atoms with Gasteiger partial charge < -0.3 is 35.6 Å². The minimum absolute atomic E-state index is 0.429. The highest BCUT2D eigenvalue weighted by Crippen LogP contribution is 2.37. The Kier molecular flexibility index (Phi) is 10.9. The monoisotopic (exact) mass is 526 g/mol. The summed E-state index contributed by atoms with van der Waals surface area (Å²) in [6, 6.07) is -2.84. The Morgan fingerprint density at radius 3 is 1.82 bits per heavy atom. The molecule has 1 amide bonds. The first-order valence-electron chi connectivity index (χ1n) is 8.37. The number of phosphoric acid groups is 1. The normalized spacial score (nSPS) is 24.5. The number of nitrogens with one attached hydrogen (secondary N) is 1. The number of ether oxygens (including phenoxy) is 1. The Bertz CT molecular complexity index is 743. The summed E-state index contributed by atoms with van der Waals surface area (Å²) in [4.78, 5) is 43.9. The van der Waals surface area contributed by atoms with Crippen molar-refractivity contribution in [2.45, 2.75) is 62.3 Å². The van der Waals surface area contributed by atoms with Crippen LogP contribution < -0.4 is 11.1 Å². The number of hydrogen-bond donors (Lipinski definition) is 6. The number of hydrogen-bond acceptors (Lipinski definition) is 5. The van der Waals surface area contributed by atoms with Crippen LogP contribution in [-0.4, -0.2) is 80.7 Å². The summed E-state index contributed by atoms with van der Waals surface area (Å²) in [5.74, 6) is -2.46. The molecule has 0 radical (unpaired) electrons. The molecular weight excluding hydrogens is 507 g/mol. The third-order valence-electron chi connectivity index (χ3n) is 3.80. The molecule has 0 aromatic rings. The van der Waals surface area contributed by atoms with Gasteiger partial charge in [-0.15, -0.1) is 0 Å². The number of carbonyl (C=O) groups is 2. The van der Waals surface area contributed by atoms with E-state index in [0.717, 1.165) is 6.92 Å². The second-order valence-corrected chi connectivity index (χ2v) is 7.58. The predicted octanol–water partition coefficient (Wildman–Crippen LogP) is 0.859. The number of carbonyl (C=O) groups excluding carboxylic acids is 1. The van der Waals surface area contributed by atoms with Crippen LogP contribution in [0.2, 0.25) is 0 Å². The van der Waals surface area contributed by atoms with Gasteiger partial charge in [-0.25, -0.2) is 18.1 Å². The van der Waals surface area contributed by atoms with Crippen molar-refractivity contribution in [2.24, 2.45) is 5.73 Å². The van der Waals surface area contributed by atoms with Crippen molar-refractivity contribution in [3.63, 3.8) is 0 Å². The summed E-state index contributed by atoms with van der Waals surface area (Å²) < 4.78 is 116. The van der Waals surface area contributed by atoms with Crippen molar-refractivity contribution in [3.8, 4) is 0 Å². The van der Waals surface area contributed by atoms with Crippen LogP contribution in [0.25, 0.3) is 0 Å². The maximum atomic E-state index is 13.6. The average molecular weight is 526 g/mol. The van der Waals surface area contributed by atoms with Gasteiger partial charge in [0.25, 0.3) is 0 Å². The van der Waals surface area contributed by atoms with Crippen LogP contribution in [0.4, 0.5) is 35.1 Å². The van der Waals surface area contributed by atoms with Crippen LogP contribution in [0.15, 0.2) is 11.6 Å². The molecule has 1 aliphatic carbocycles. The molecule has 0 saturated heterocycles. The van der Waals surface area contributed by atoms with Gasteiger partial charge in [0.15, 0.2) is 0 Å². The Hall–Kier alpha value is -1.85. The van der Waals surface area contributed by atoms with E-state index in [1.54, 1.807) is 0 Å². The van der Waals surface area contributed by atoms with E-state index in [9.17, 15) is 44.7 Å². The van der Waals surface area contributed by atoms with E-state index in [1.807, 2.05) is 0 Å². The van der Waals surface area contributed by atoms with E-state index >= 15 is 0 Å². The van der Waals surface area contributed by atoms with E-state index in [-0.39, 0.29) is 0 Å². The van der Waals surface area contributed by atoms with Gasteiger partial charge in [0.2, 0.25) is 18.3 Å². The zero-order valence-corrected chi connectivity index (χ0v) is 17.1. The van der Waals surface area contributed by atoms with Gasteiger partial charge >= 0.3 is 26.1 Å². The molecule has 1 rings (SSSR count). The quantitative estimate of drug-likeness (QED) is 0.216. The van der Waals surface area contributed by atoms with Crippen molar-refractivity contribution in [1.82, 2.24) is 5.32 Å². The van der Waals surface area contributed by atoms with Gasteiger partial charge in [-0.1, -0.05) is 0 Å². The molecule has 6 atom stereocenters. The topological polar surface area (TPSA) is 179 Å². The fourth-order valence-electron chi connectivity index (χ4n) is 2.54. The Morgan fingerprint density at radius 1 is 1.12 bits per heavy atom. The smallest absolute Gasteiger partial charge is 0.466 e. The summed E-state index contributed by atoms with van der Waals surface area (Å²) in [7, 11) is -4.64. The molecular formula is C14H19F8N2O8P. The molecule has 1 aliphatic rings. The lowest BCUT2D eigenvalue weighted by atomic mass is 9.88. The highest BCUT2D eigenvalue weighted by Gasteiger charge is 2.58. The van der Waals surface area contributed by atoms with E-state index in [4.69, 9.17) is 30.1 Å². The molecule has 0 aromatic heterocycles. The fourth-order valence-corrected chi connectivity index (χ4v) is 2.54. The summed E-state index contributed by atoms with van der Waals surface area (Å²) in [6.45, 7) is 0.930. The van der Waals surface area contributed by atoms with Gasteiger partial charge in [-0.3, -0.25) is 4.79 Å². The second kappa shape index (κ2) is 11.5. The lowest BCUT2D eigenvalue weighted by molar-refractivity contribution is -0.267. The van der Waals surface area contributed by atoms with Crippen LogP contribution >= 0.6 is 7.82 Å². The minimum atomic E-state index is -5.90. The Balaban J connectivity index is 0.00000184. The molecule has 33 heavy (non-hydrogen) atoms. The maximum Gasteiger partial charge on any atom is 0.466 e. The van der Waals surface area contributed by atoms with E-state index in [1.165, 1.54) is 0 Å². The van der Waals surface area contributed by atoms with E-state index < -0.39 is 80.7 Å². The number of amides is 1. The molecule has 194 valence electrons. The zero-order valence-electron chi connectivity index (χ0n) is 16.2. The number of nitrogens with two attached hydrogens (primary N) is 1. The van der Waals surface area contributed by atoms with Crippen LogP contribution in [0, 0.1) is 0 Å². The molecule has 0 fully saturated rings. The minimum Gasteiger partial charge on any atom is -0.478 e. The largest absolute Gasteiger partial charge is 0.478 e. The molecule has 0 heterocycles. The SMILES string of the molecule is CC(=O)NC1C(N)CC(C(=O)O)=CC1OC(C(F)C(F)(F)F)[C@@H](F)C(F)(F)F.O=P(O)(O)O. The van der Waals surface area contributed by atoms with Crippen LogP contribution in [0.1, 0.15) is 13.3 Å². The second-order valence-electron chi connectivity index (χ2n) is 6.56. The van der Waals surface area contributed by atoms with E-state index in [2.05, 4.69) is 10.1 Å². The Morgan fingerprint density at radius 2 is 1.52 bits per heavy atom. The van der Waals surface area contributed by atoms with Crippen LogP contribution in [-0.2, 0) is 18.9 Å².